The molecule has 0 saturated heterocycles. The number of hydrogen-bond donors (Lipinski definition) is 1. The Kier molecular flexibility index (Phi) is 3.63. The minimum atomic E-state index is -1.26. The van der Waals surface area contributed by atoms with E-state index in [0.29, 0.717) is 11.5 Å². The van der Waals surface area contributed by atoms with Crippen LogP contribution in [0.4, 0.5) is 0 Å². The van der Waals surface area contributed by atoms with Crippen LogP contribution in [0.5, 0.6) is 0 Å². The Morgan fingerprint density at radius 2 is 2.20 bits per heavy atom. The third-order valence-corrected chi connectivity index (χ3v) is 5.10. The van der Waals surface area contributed by atoms with E-state index in [1.54, 1.807) is 12.3 Å². The molecule has 0 amide bonds. The van der Waals surface area contributed by atoms with Gasteiger partial charge >= 0.3 is 0 Å². The van der Waals surface area contributed by atoms with Gasteiger partial charge in [-0.05, 0) is 13.0 Å². The summed E-state index contributed by atoms with van der Waals surface area (Å²) in [7, 11) is -1.26. The van der Waals surface area contributed by atoms with Crippen molar-refractivity contribution in [3.63, 3.8) is 0 Å². The van der Waals surface area contributed by atoms with E-state index in [4.69, 9.17) is 5.73 Å². The van der Waals surface area contributed by atoms with Crippen molar-refractivity contribution in [3.8, 4) is 0 Å². The van der Waals surface area contributed by atoms with E-state index in [2.05, 4.69) is 42.6 Å². The van der Waals surface area contributed by atoms with Crippen LogP contribution in [0.1, 0.15) is 12.6 Å². The van der Waals surface area contributed by atoms with Gasteiger partial charge in [0.25, 0.3) is 0 Å². The number of hydrogen-bond acceptors (Lipinski definition) is 2. The molecule has 15 heavy (non-hydrogen) atoms. The van der Waals surface area contributed by atoms with Crippen molar-refractivity contribution in [2.45, 2.75) is 32.2 Å². The first-order chi connectivity index (χ1) is 6.91. The Bertz CT molecular complexity index is 341. The molecule has 1 radical (unpaired) electrons. The lowest BCUT2D eigenvalue weighted by atomic mass is 10.3. The minimum Gasteiger partial charge on any atom is -0.382 e. The van der Waals surface area contributed by atoms with E-state index in [9.17, 15) is 0 Å². The highest BCUT2D eigenvalue weighted by Crippen LogP contribution is 2.11. The smallest absolute Gasteiger partial charge is 0.144 e. The van der Waals surface area contributed by atoms with Gasteiger partial charge in [0.2, 0.25) is 0 Å². The summed E-state index contributed by atoms with van der Waals surface area (Å²) in [5.74, 6) is 0.527. The molecule has 0 aromatic carbocycles. The molecule has 0 aliphatic carbocycles. The Balaban J connectivity index is 2.86. The molecule has 0 fully saturated rings. The monoisotopic (exact) mass is 220 g/mol. The van der Waals surface area contributed by atoms with Gasteiger partial charge in [0.05, 0.1) is 8.07 Å². The van der Waals surface area contributed by atoms with E-state index >= 15 is 0 Å². The van der Waals surface area contributed by atoms with Gasteiger partial charge in [-0.2, -0.15) is 0 Å². The standard InChI is InChI=1S/C11H18N3Si/c1-9(15(2,3)4)14-11(12)10-7-5-6-8-13-10/h5,7-9H,1-4H3,(H2,12,14). The molecule has 1 aromatic rings. The summed E-state index contributed by atoms with van der Waals surface area (Å²) in [6.07, 6.45) is 1.61. The summed E-state index contributed by atoms with van der Waals surface area (Å²) in [6, 6.07) is 6.48. The molecule has 0 spiro atoms. The summed E-state index contributed by atoms with van der Waals surface area (Å²) in [6.45, 7) is 8.95. The molecule has 0 aliphatic heterocycles. The summed E-state index contributed by atoms with van der Waals surface area (Å²) < 4.78 is 0. The Morgan fingerprint density at radius 1 is 1.53 bits per heavy atom. The fourth-order valence-corrected chi connectivity index (χ4v) is 1.47. The maximum absolute atomic E-state index is 5.89. The predicted molar refractivity (Wildman–Crippen MR) is 66.6 cm³/mol. The number of aliphatic imine (C=N–C) groups is 1. The van der Waals surface area contributed by atoms with Gasteiger partial charge in [0.1, 0.15) is 11.5 Å². The SMILES string of the molecule is CC(/N=C(/N)c1cc[c]cn1)[Si](C)(C)C. The summed E-state index contributed by atoms with van der Waals surface area (Å²) in [5.41, 5.74) is 6.93. The predicted octanol–water partition coefficient (Wildman–Crippen LogP) is 1.85. The van der Waals surface area contributed by atoms with Crippen LogP contribution < -0.4 is 5.73 Å². The molecular formula is C11H18N3Si. The molecule has 1 aromatic heterocycles. The van der Waals surface area contributed by atoms with Gasteiger partial charge in [-0.25, -0.2) is 0 Å². The molecule has 4 heteroatoms. The van der Waals surface area contributed by atoms with Crippen molar-refractivity contribution < 1.29 is 0 Å². The Labute approximate surface area is 92.5 Å². The van der Waals surface area contributed by atoms with Crippen LogP contribution in [-0.4, -0.2) is 24.6 Å². The van der Waals surface area contributed by atoms with E-state index < -0.39 is 8.07 Å². The van der Waals surface area contributed by atoms with Crippen LogP contribution in [-0.2, 0) is 0 Å². The second kappa shape index (κ2) is 4.57. The van der Waals surface area contributed by atoms with Crippen LogP contribution in [0.25, 0.3) is 0 Å². The van der Waals surface area contributed by atoms with Crippen molar-refractivity contribution in [3.05, 3.63) is 30.1 Å². The van der Waals surface area contributed by atoms with Crippen LogP contribution in [0, 0.1) is 6.07 Å². The highest BCUT2D eigenvalue weighted by atomic mass is 28.3. The summed E-state index contributed by atoms with van der Waals surface area (Å²) >= 11 is 0. The molecule has 0 saturated carbocycles. The van der Waals surface area contributed by atoms with Crippen molar-refractivity contribution >= 4 is 13.9 Å². The normalized spacial score (nSPS) is 15.1. The molecule has 0 bridgehead atoms. The maximum atomic E-state index is 5.89. The fraction of sp³-hybridized carbons (Fsp3) is 0.455. The number of nitrogens with two attached hydrogens (primary N) is 1. The molecule has 1 atom stereocenters. The largest absolute Gasteiger partial charge is 0.382 e. The second-order valence-corrected chi connectivity index (χ2v) is 10.3. The first-order valence-corrected chi connectivity index (χ1v) is 8.65. The number of amidine groups is 1. The van der Waals surface area contributed by atoms with E-state index in [0.717, 1.165) is 5.69 Å². The lowest BCUT2D eigenvalue weighted by molar-refractivity contribution is 0.966. The maximum Gasteiger partial charge on any atom is 0.144 e. The van der Waals surface area contributed by atoms with E-state index in [1.165, 1.54) is 0 Å². The molecule has 1 rings (SSSR count). The van der Waals surface area contributed by atoms with Crippen molar-refractivity contribution in [2.75, 3.05) is 0 Å². The van der Waals surface area contributed by atoms with Gasteiger partial charge < -0.3 is 5.73 Å². The second-order valence-electron chi connectivity index (χ2n) is 4.70. The number of nitrogens with zero attached hydrogens (tertiary/aromatic N) is 2. The van der Waals surface area contributed by atoms with Gasteiger partial charge in [-0.3, -0.25) is 9.98 Å². The fourth-order valence-electron chi connectivity index (χ4n) is 0.940. The lowest BCUT2D eigenvalue weighted by Gasteiger charge is -2.21. The molecule has 0 aliphatic rings. The van der Waals surface area contributed by atoms with Crippen LogP contribution >= 0.6 is 0 Å². The van der Waals surface area contributed by atoms with Gasteiger partial charge in [-0.15, -0.1) is 0 Å². The first kappa shape index (κ1) is 11.9. The molecule has 1 heterocycles. The quantitative estimate of drug-likeness (QED) is 0.480. The van der Waals surface area contributed by atoms with Crippen LogP contribution in [0.2, 0.25) is 19.6 Å². The van der Waals surface area contributed by atoms with Crippen molar-refractivity contribution in [2.24, 2.45) is 10.7 Å². The highest BCUT2D eigenvalue weighted by Gasteiger charge is 2.22. The summed E-state index contributed by atoms with van der Waals surface area (Å²) in [5, 5.41) is 0. The number of pyridine rings is 1. The van der Waals surface area contributed by atoms with Gasteiger partial charge in [0.15, 0.2) is 0 Å². The van der Waals surface area contributed by atoms with Crippen LogP contribution in [0.15, 0.2) is 23.3 Å². The van der Waals surface area contributed by atoms with E-state index in [1.807, 2.05) is 6.07 Å². The van der Waals surface area contributed by atoms with E-state index in [-0.39, 0.29) is 0 Å². The first-order valence-electron chi connectivity index (χ1n) is 5.07. The Morgan fingerprint density at radius 3 is 2.67 bits per heavy atom. The average Bonchev–Trinajstić information content (AvgIpc) is 2.17. The zero-order valence-corrected chi connectivity index (χ0v) is 10.8. The zero-order valence-electron chi connectivity index (χ0n) is 9.78. The third kappa shape index (κ3) is 3.47. The molecule has 2 N–H and O–H groups in total. The van der Waals surface area contributed by atoms with Crippen molar-refractivity contribution in [1.82, 2.24) is 4.98 Å². The lowest BCUT2D eigenvalue weighted by Crippen LogP contribution is -2.36. The number of aromatic nitrogens is 1. The topological polar surface area (TPSA) is 51.3 Å². The zero-order chi connectivity index (χ0) is 11.5. The average molecular weight is 220 g/mol. The van der Waals surface area contributed by atoms with Crippen LogP contribution in [0.3, 0.4) is 0 Å². The number of rotatable bonds is 3. The van der Waals surface area contributed by atoms with Gasteiger partial charge in [0, 0.05) is 17.9 Å². The molecular weight excluding hydrogens is 202 g/mol. The third-order valence-electron chi connectivity index (χ3n) is 2.46. The van der Waals surface area contributed by atoms with Crippen molar-refractivity contribution in [1.29, 1.82) is 0 Å². The minimum absolute atomic E-state index is 0.309. The molecule has 1 unspecified atom stereocenters. The highest BCUT2D eigenvalue weighted by molar-refractivity contribution is 6.77. The van der Waals surface area contributed by atoms with Gasteiger partial charge in [-0.1, -0.05) is 25.7 Å². The molecule has 3 nitrogen and oxygen atoms in total. The molecule has 81 valence electrons. The Hall–Kier alpha value is -1.16. The summed E-state index contributed by atoms with van der Waals surface area (Å²) in [4.78, 5) is 8.62.